The molecule has 0 saturated carbocycles. The van der Waals surface area contributed by atoms with E-state index in [4.69, 9.17) is 4.74 Å². The minimum absolute atomic E-state index is 0.550. The van der Waals surface area contributed by atoms with Crippen molar-refractivity contribution in [1.29, 1.82) is 0 Å². The highest BCUT2D eigenvalue weighted by Crippen LogP contribution is 2.30. The van der Waals surface area contributed by atoms with E-state index in [2.05, 4.69) is 15.6 Å². The average Bonchev–Trinajstić information content (AvgIpc) is 2.80. The zero-order valence-electron chi connectivity index (χ0n) is 10.4. The maximum absolute atomic E-state index is 5.23. The molecule has 18 heavy (non-hydrogen) atoms. The largest absolute Gasteiger partial charge is 0.497 e. The van der Waals surface area contributed by atoms with Gasteiger partial charge in [0.05, 0.1) is 17.3 Å². The van der Waals surface area contributed by atoms with E-state index in [0.717, 1.165) is 29.5 Å². The molecule has 1 aromatic heterocycles. The molecule has 5 heteroatoms. The number of nitrogens with zero attached hydrogens (tertiary/aromatic N) is 1. The molecule has 1 aliphatic rings. The van der Waals surface area contributed by atoms with Crippen LogP contribution in [0.5, 0.6) is 5.75 Å². The fourth-order valence-corrected chi connectivity index (χ4v) is 3.21. The van der Waals surface area contributed by atoms with Crippen molar-refractivity contribution >= 4 is 26.7 Å². The second-order valence-corrected chi connectivity index (χ2v) is 5.55. The molecule has 1 fully saturated rings. The van der Waals surface area contributed by atoms with Crippen molar-refractivity contribution in [2.45, 2.75) is 18.9 Å². The predicted octanol–water partition coefficient (Wildman–Crippen LogP) is 2.47. The number of fused-ring (bicyclic) bond motifs is 1. The Morgan fingerprint density at radius 2 is 2.22 bits per heavy atom. The third-order valence-corrected chi connectivity index (χ3v) is 4.21. The van der Waals surface area contributed by atoms with E-state index in [9.17, 15) is 0 Å². The first-order valence-electron chi connectivity index (χ1n) is 6.27. The van der Waals surface area contributed by atoms with Gasteiger partial charge in [0.15, 0.2) is 5.13 Å². The van der Waals surface area contributed by atoms with Gasteiger partial charge >= 0.3 is 0 Å². The van der Waals surface area contributed by atoms with Gasteiger partial charge in [-0.1, -0.05) is 11.3 Å². The number of ether oxygens (including phenoxy) is 1. The number of benzene rings is 1. The van der Waals surface area contributed by atoms with Crippen molar-refractivity contribution in [3.05, 3.63) is 18.2 Å². The van der Waals surface area contributed by atoms with Crippen molar-refractivity contribution in [3.8, 4) is 5.75 Å². The number of hydrogen-bond acceptors (Lipinski definition) is 5. The molecule has 2 aromatic rings. The molecule has 4 nitrogen and oxygen atoms in total. The van der Waals surface area contributed by atoms with Crippen LogP contribution in [0.15, 0.2) is 18.2 Å². The molecule has 2 heterocycles. The standard InChI is InChI=1S/C13H17N3OS/c1-17-10-2-3-11-12(8-10)18-13(16-11)15-9-4-6-14-7-5-9/h2-3,8-9,14H,4-7H2,1H3,(H,15,16). The molecule has 96 valence electrons. The molecule has 0 bridgehead atoms. The van der Waals surface area contributed by atoms with Crippen molar-refractivity contribution in [1.82, 2.24) is 10.3 Å². The number of aromatic nitrogens is 1. The van der Waals surface area contributed by atoms with Crippen LogP contribution in [0.25, 0.3) is 10.2 Å². The van der Waals surface area contributed by atoms with Gasteiger partial charge in [-0.2, -0.15) is 0 Å². The van der Waals surface area contributed by atoms with Crippen molar-refractivity contribution in [2.24, 2.45) is 0 Å². The normalized spacial score (nSPS) is 16.9. The minimum atomic E-state index is 0.550. The van der Waals surface area contributed by atoms with Crippen LogP contribution in [0, 0.1) is 0 Å². The second-order valence-electron chi connectivity index (χ2n) is 4.52. The van der Waals surface area contributed by atoms with E-state index in [-0.39, 0.29) is 0 Å². The summed E-state index contributed by atoms with van der Waals surface area (Å²) in [6.07, 6.45) is 2.33. The first-order valence-corrected chi connectivity index (χ1v) is 7.08. The number of thiazole rings is 1. The Labute approximate surface area is 110 Å². The summed E-state index contributed by atoms with van der Waals surface area (Å²) < 4.78 is 6.40. The number of rotatable bonds is 3. The van der Waals surface area contributed by atoms with Crippen LogP contribution < -0.4 is 15.4 Å². The lowest BCUT2D eigenvalue weighted by molar-refractivity contribution is 0.415. The van der Waals surface area contributed by atoms with Crippen LogP contribution in [-0.2, 0) is 0 Å². The molecule has 0 aliphatic carbocycles. The van der Waals surface area contributed by atoms with E-state index in [1.165, 1.54) is 17.5 Å². The molecule has 3 rings (SSSR count). The van der Waals surface area contributed by atoms with Gasteiger partial charge in [0.2, 0.25) is 0 Å². The van der Waals surface area contributed by atoms with Gasteiger partial charge in [0.25, 0.3) is 0 Å². The maximum Gasteiger partial charge on any atom is 0.184 e. The summed E-state index contributed by atoms with van der Waals surface area (Å²) >= 11 is 1.70. The number of piperidine rings is 1. The van der Waals surface area contributed by atoms with Crippen molar-refractivity contribution < 1.29 is 4.74 Å². The lowest BCUT2D eigenvalue weighted by Crippen LogP contribution is -2.35. The lowest BCUT2D eigenvalue weighted by atomic mass is 10.1. The first kappa shape index (κ1) is 11.7. The highest BCUT2D eigenvalue weighted by molar-refractivity contribution is 7.22. The zero-order chi connectivity index (χ0) is 12.4. The maximum atomic E-state index is 5.23. The summed E-state index contributed by atoms with van der Waals surface area (Å²) in [6, 6.07) is 6.56. The fourth-order valence-electron chi connectivity index (χ4n) is 2.23. The fraction of sp³-hybridized carbons (Fsp3) is 0.462. The third kappa shape index (κ3) is 2.42. The highest BCUT2D eigenvalue weighted by atomic mass is 32.1. The summed E-state index contributed by atoms with van der Waals surface area (Å²) in [6.45, 7) is 2.19. The molecule has 2 N–H and O–H groups in total. The van der Waals surface area contributed by atoms with E-state index in [0.29, 0.717) is 6.04 Å². The molecule has 1 aliphatic heterocycles. The van der Waals surface area contributed by atoms with Crippen molar-refractivity contribution in [3.63, 3.8) is 0 Å². The summed E-state index contributed by atoms with van der Waals surface area (Å²) in [7, 11) is 1.69. The zero-order valence-corrected chi connectivity index (χ0v) is 11.2. The number of nitrogens with one attached hydrogen (secondary N) is 2. The monoisotopic (exact) mass is 263 g/mol. The Bertz CT molecular complexity index is 534. The SMILES string of the molecule is COc1ccc2nc(NC3CCNCC3)sc2c1. The summed E-state index contributed by atoms with van der Waals surface area (Å²) in [5, 5.41) is 7.92. The molecular formula is C13H17N3OS. The number of methoxy groups -OCH3 is 1. The summed E-state index contributed by atoms with van der Waals surface area (Å²) in [5.74, 6) is 0.888. The molecular weight excluding hydrogens is 246 g/mol. The number of hydrogen-bond donors (Lipinski definition) is 2. The molecule has 0 atom stereocenters. The van der Waals surface area contributed by atoms with E-state index in [1.807, 2.05) is 18.2 Å². The summed E-state index contributed by atoms with van der Waals surface area (Å²) in [4.78, 5) is 4.61. The van der Waals surface area contributed by atoms with Gasteiger partial charge in [-0.25, -0.2) is 4.98 Å². The third-order valence-electron chi connectivity index (χ3n) is 3.26. The average molecular weight is 263 g/mol. The minimum Gasteiger partial charge on any atom is -0.497 e. The smallest absolute Gasteiger partial charge is 0.184 e. The Hall–Kier alpha value is -1.33. The lowest BCUT2D eigenvalue weighted by Gasteiger charge is -2.23. The first-order chi connectivity index (χ1) is 8.85. The topological polar surface area (TPSA) is 46.2 Å². The van der Waals surface area contributed by atoms with E-state index in [1.54, 1.807) is 18.4 Å². The van der Waals surface area contributed by atoms with E-state index < -0.39 is 0 Å². The van der Waals surface area contributed by atoms with Gasteiger partial charge in [-0.3, -0.25) is 0 Å². The molecule has 0 spiro atoms. The highest BCUT2D eigenvalue weighted by Gasteiger charge is 2.14. The Morgan fingerprint density at radius 3 is 3.00 bits per heavy atom. The second kappa shape index (κ2) is 5.12. The number of anilines is 1. The van der Waals surface area contributed by atoms with Crippen LogP contribution in [0.4, 0.5) is 5.13 Å². The molecule has 0 amide bonds. The van der Waals surface area contributed by atoms with Crippen LogP contribution in [0.1, 0.15) is 12.8 Å². The predicted molar refractivity (Wildman–Crippen MR) is 75.7 cm³/mol. The summed E-state index contributed by atoms with van der Waals surface area (Å²) in [5.41, 5.74) is 1.04. The molecule has 1 aromatic carbocycles. The molecule has 0 unspecified atom stereocenters. The van der Waals surface area contributed by atoms with Gasteiger partial charge in [0, 0.05) is 6.04 Å². The van der Waals surface area contributed by atoms with Crippen LogP contribution in [0.3, 0.4) is 0 Å². The van der Waals surface area contributed by atoms with Gasteiger partial charge < -0.3 is 15.4 Å². The molecule has 0 radical (unpaired) electrons. The van der Waals surface area contributed by atoms with Gasteiger partial charge in [-0.05, 0) is 44.1 Å². The van der Waals surface area contributed by atoms with Crippen molar-refractivity contribution in [2.75, 3.05) is 25.5 Å². The van der Waals surface area contributed by atoms with Crippen LogP contribution in [0.2, 0.25) is 0 Å². The Balaban J connectivity index is 1.79. The molecule has 1 saturated heterocycles. The Morgan fingerprint density at radius 1 is 1.39 bits per heavy atom. The van der Waals surface area contributed by atoms with Gasteiger partial charge in [0.1, 0.15) is 5.75 Å². The Kier molecular flexibility index (Phi) is 3.34. The quantitative estimate of drug-likeness (QED) is 0.893. The van der Waals surface area contributed by atoms with Crippen LogP contribution in [-0.4, -0.2) is 31.2 Å². The van der Waals surface area contributed by atoms with Crippen LogP contribution >= 0.6 is 11.3 Å². The van der Waals surface area contributed by atoms with Gasteiger partial charge in [-0.15, -0.1) is 0 Å². The van der Waals surface area contributed by atoms with E-state index >= 15 is 0 Å².